The Morgan fingerprint density at radius 3 is 2.65 bits per heavy atom. The van der Waals surface area contributed by atoms with Crippen LogP contribution >= 0.6 is 0 Å². The molecular weight excluding hydrogens is 497 g/mol. The Bertz CT molecular complexity index is 1400. The SMILES string of the molecule is O=C(CN(c1cccc(F)c1)S(=O)(=O)c1ccc2c(c1)OCCO2)NCCCN1CCc2ccccc21. The van der Waals surface area contributed by atoms with Crippen LogP contribution in [0, 0.1) is 5.82 Å². The fraction of sp³-hybridized carbons (Fsp3) is 0.296. The maximum absolute atomic E-state index is 14.0. The highest BCUT2D eigenvalue weighted by Gasteiger charge is 2.29. The molecular formula is C27H28FN3O5S. The zero-order valence-corrected chi connectivity index (χ0v) is 21.0. The molecule has 2 aliphatic rings. The van der Waals surface area contributed by atoms with Gasteiger partial charge in [0.05, 0.1) is 10.6 Å². The van der Waals surface area contributed by atoms with E-state index in [1.807, 2.05) is 12.1 Å². The van der Waals surface area contributed by atoms with Crippen molar-refractivity contribution in [3.8, 4) is 11.5 Å². The van der Waals surface area contributed by atoms with Crippen molar-refractivity contribution in [3.63, 3.8) is 0 Å². The Hall–Kier alpha value is -3.79. The van der Waals surface area contributed by atoms with Gasteiger partial charge in [-0.05, 0) is 54.8 Å². The van der Waals surface area contributed by atoms with E-state index < -0.39 is 28.3 Å². The molecule has 0 saturated carbocycles. The molecule has 10 heteroatoms. The van der Waals surface area contributed by atoms with Crippen LogP contribution in [0.5, 0.6) is 11.5 Å². The molecule has 0 saturated heterocycles. The van der Waals surface area contributed by atoms with Crippen LogP contribution in [0.3, 0.4) is 0 Å². The quantitative estimate of drug-likeness (QED) is 0.431. The van der Waals surface area contributed by atoms with Crippen molar-refractivity contribution in [1.29, 1.82) is 0 Å². The third-order valence-electron chi connectivity index (χ3n) is 6.40. The molecule has 3 aromatic carbocycles. The lowest BCUT2D eigenvalue weighted by molar-refractivity contribution is -0.119. The third kappa shape index (κ3) is 5.48. The van der Waals surface area contributed by atoms with E-state index in [0.717, 1.165) is 29.9 Å². The number of hydrogen-bond donors (Lipinski definition) is 1. The van der Waals surface area contributed by atoms with Gasteiger partial charge in [-0.1, -0.05) is 24.3 Å². The minimum Gasteiger partial charge on any atom is -0.486 e. The summed E-state index contributed by atoms with van der Waals surface area (Å²) in [6.45, 7) is 2.29. The topological polar surface area (TPSA) is 88.2 Å². The summed E-state index contributed by atoms with van der Waals surface area (Å²) < 4.78 is 53.1. The smallest absolute Gasteiger partial charge is 0.264 e. The molecule has 1 amide bonds. The lowest BCUT2D eigenvalue weighted by Crippen LogP contribution is -2.41. The van der Waals surface area contributed by atoms with Gasteiger partial charge in [0.25, 0.3) is 10.0 Å². The molecule has 0 unspecified atom stereocenters. The summed E-state index contributed by atoms with van der Waals surface area (Å²) in [5.74, 6) is -0.335. The second-order valence-corrected chi connectivity index (χ2v) is 10.7. The van der Waals surface area contributed by atoms with Gasteiger partial charge in [0.1, 0.15) is 25.6 Å². The predicted octanol–water partition coefficient (Wildman–Crippen LogP) is 3.36. The first-order chi connectivity index (χ1) is 17.9. The lowest BCUT2D eigenvalue weighted by Gasteiger charge is -2.25. The number of amides is 1. The van der Waals surface area contributed by atoms with Crippen molar-refractivity contribution in [3.05, 3.63) is 78.1 Å². The van der Waals surface area contributed by atoms with E-state index in [0.29, 0.717) is 37.7 Å². The number of para-hydroxylation sites is 1. The molecule has 0 spiro atoms. The number of ether oxygens (including phenoxy) is 2. The Balaban J connectivity index is 1.27. The third-order valence-corrected chi connectivity index (χ3v) is 8.17. The number of fused-ring (bicyclic) bond motifs is 2. The molecule has 0 aromatic heterocycles. The van der Waals surface area contributed by atoms with Crippen molar-refractivity contribution in [2.75, 3.05) is 48.6 Å². The van der Waals surface area contributed by atoms with E-state index >= 15 is 0 Å². The van der Waals surface area contributed by atoms with E-state index in [-0.39, 0.29) is 10.6 Å². The molecule has 1 N–H and O–H groups in total. The molecule has 0 atom stereocenters. The number of hydrogen-bond acceptors (Lipinski definition) is 6. The summed E-state index contributed by atoms with van der Waals surface area (Å²) in [5.41, 5.74) is 2.59. The van der Waals surface area contributed by atoms with Gasteiger partial charge in [-0.3, -0.25) is 9.10 Å². The van der Waals surface area contributed by atoms with Crippen LogP contribution in [0.25, 0.3) is 0 Å². The summed E-state index contributed by atoms with van der Waals surface area (Å²) in [5, 5.41) is 2.81. The molecule has 3 aromatic rings. The van der Waals surface area contributed by atoms with Crippen LogP contribution < -0.4 is 24.0 Å². The normalized spacial score (nSPS) is 14.2. The fourth-order valence-corrected chi connectivity index (χ4v) is 6.01. The minimum absolute atomic E-state index is 0.0544. The number of sulfonamides is 1. The van der Waals surface area contributed by atoms with Crippen molar-refractivity contribution in [2.45, 2.75) is 17.7 Å². The van der Waals surface area contributed by atoms with Crippen molar-refractivity contribution >= 4 is 27.3 Å². The number of anilines is 2. The molecule has 2 heterocycles. The average Bonchev–Trinajstić information content (AvgIpc) is 3.32. The highest BCUT2D eigenvalue weighted by atomic mass is 32.2. The standard InChI is InChI=1S/C27H28FN3O5S/c28-21-6-3-7-22(17-21)31(37(33,34)23-9-10-25-26(18-23)36-16-15-35-25)19-27(32)29-12-4-13-30-14-11-20-5-1-2-8-24(20)30/h1-3,5-10,17-18H,4,11-16,19H2,(H,29,32). The number of halogens is 1. The lowest BCUT2D eigenvalue weighted by atomic mass is 10.2. The molecule has 5 rings (SSSR count). The Labute approximate surface area is 215 Å². The highest BCUT2D eigenvalue weighted by molar-refractivity contribution is 7.92. The van der Waals surface area contributed by atoms with Crippen LogP contribution in [-0.4, -0.2) is 53.7 Å². The van der Waals surface area contributed by atoms with Gasteiger partial charge >= 0.3 is 0 Å². The van der Waals surface area contributed by atoms with Crippen molar-refractivity contribution in [1.82, 2.24) is 5.32 Å². The van der Waals surface area contributed by atoms with Crippen LogP contribution in [-0.2, 0) is 21.2 Å². The summed E-state index contributed by atoms with van der Waals surface area (Å²) in [6.07, 6.45) is 1.71. The maximum atomic E-state index is 14.0. The van der Waals surface area contributed by atoms with E-state index in [1.165, 1.54) is 47.6 Å². The Kier molecular flexibility index (Phi) is 7.18. The van der Waals surface area contributed by atoms with Gasteiger partial charge < -0.3 is 19.7 Å². The van der Waals surface area contributed by atoms with Crippen LogP contribution in [0.4, 0.5) is 15.8 Å². The minimum atomic E-state index is -4.21. The molecule has 0 fully saturated rings. The van der Waals surface area contributed by atoms with E-state index in [2.05, 4.69) is 22.3 Å². The summed E-state index contributed by atoms with van der Waals surface area (Å²) >= 11 is 0. The zero-order valence-electron chi connectivity index (χ0n) is 20.2. The summed E-state index contributed by atoms with van der Waals surface area (Å²) in [4.78, 5) is 15.1. The van der Waals surface area contributed by atoms with Gasteiger partial charge in [-0.2, -0.15) is 0 Å². The van der Waals surface area contributed by atoms with Crippen molar-refractivity contribution in [2.24, 2.45) is 0 Å². The van der Waals surface area contributed by atoms with Gasteiger partial charge in [0, 0.05) is 31.4 Å². The van der Waals surface area contributed by atoms with Gasteiger partial charge in [0.15, 0.2) is 11.5 Å². The van der Waals surface area contributed by atoms with Gasteiger partial charge in [-0.15, -0.1) is 0 Å². The number of carbonyl (C=O) groups excluding carboxylic acids is 1. The number of nitrogens with one attached hydrogen (secondary N) is 1. The Morgan fingerprint density at radius 1 is 1.00 bits per heavy atom. The molecule has 0 bridgehead atoms. The first kappa shape index (κ1) is 24.9. The fourth-order valence-electron chi connectivity index (χ4n) is 4.58. The molecule has 0 aliphatic carbocycles. The molecule has 37 heavy (non-hydrogen) atoms. The Morgan fingerprint density at radius 2 is 1.81 bits per heavy atom. The number of benzene rings is 3. The van der Waals surface area contributed by atoms with Gasteiger partial charge in [-0.25, -0.2) is 12.8 Å². The maximum Gasteiger partial charge on any atom is 0.264 e. The largest absolute Gasteiger partial charge is 0.486 e. The molecule has 194 valence electrons. The van der Waals surface area contributed by atoms with Crippen LogP contribution in [0.1, 0.15) is 12.0 Å². The monoisotopic (exact) mass is 525 g/mol. The van der Waals surface area contributed by atoms with E-state index in [1.54, 1.807) is 0 Å². The average molecular weight is 526 g/mol. The van der Waals surface area contributed by atoms with E-state index in [9.17, 15) is 17.6 Å². The number of rotatable bonds is 9. The van der Waals surface area contributed by atoms with Crippen LogP contribution in [0.15, 0.2) is 71.6 Å². The van der Waals surface area contributed by atoms with Crippen molar-refractivity contribution < 1.29 is 27.1 Å². The van der Waals surface area contributed by atoms with E-state index in [4.69, 9.17) is 9.47 Å². The molecule has 8 nitrogen and oxygen atoms in total. The van der Waals surface area contributed by atoms with Gasteiger partial charge in [0.2, 0.25) is 5.91 Å². The molecule has 0 radical (unpaired) electrons. The zero-order chi connectivity index (χ0) is 25.8. The summed E-state index contributed by atoms with van der Waals surface area (Å²) in [6, 6.07) is 17.7. The van der Waals surface area contributed by atoms with Crippen LogP contribution in [0.2, 0.25) is 0 Å². The second kappa shape index (κ2) is 10.7. The predicted molar refractivity (Wildman–Crippen MR) is 138 cm³/mol. The first-order valence-electron chi connectivity index (χ1n) is 12.2. The highest BCUT2D eigenvalue weighted by Crippen LogP contribution is 2.34. The second-order valence-electron chi connectivity index (χ2n) is 8.87. The molecule has 2 aliphatic heterocycles. The number of carbonyl (C=O) groups is 1. The summed E-state index contributed by atoms with van der Waals surface area (Å²) in [7, 11) is -4.21. The first-order valence-corrected chi connectivity index (χ1v) is 13.6. The number of nitrogens with zero attached hydrogens (tertiary/aromatic N) is 2.